The Bertz CT molecular complexity index is 752. The highest BCUT2D eigenvalue weighted by Gasteiger charge is 2.26. The molecule has 25 heavy (non-hydrogen) atoms. The van der Waals surface area contributed by atoms with E-state index in [2.05, 4.69) is 25.9 Å². The zero-order valence-corrected chi connectivity index (χ0v) is 17.0. The van der Waals surface area contributed by atoms with E-state index in [1.165, 1.54) is 0 Å². The van der Waals surface area contributed by atoms with Crippen molar-refractivity contribution < 1.29 is 4.79 Å². The second kappa shape index (κ2) is 8.08. The maximum atomic E-state index is 12.8. The highest BCUT2D eigenvalue weighted by Crippen LogP contribution is 2.26. The Balaban J connectivity index is 1.64. The summed E-state index contributed by atoms with van der Waals surface area (Å²) in [6, 6.07) is 5.55. The lowest BCUT2D eigenvalue weighted by Gasteiger charge is -2.35. The molecule has 0 atom stereocenters. The normalized spacial score (nSPS) is 15.6. The molecule has 0 radical (unpaired) electrons. The lowest BCUT2D eigenvalue weighted by atomic mass is 10.2. The fourth-order valence-electron chi connectivity index (χ4n) is 2.98. The van der Waals surface area contributed by atoms with Crippen LogP contribution in [-0.4, -0.2) is 51.7 Å². The van der Waals surface area contributed by atoms with Gasteiger partial charge in [-0.1, -0.05) is 29.3 Å². The molecule has 0 saturated carbocycles. The number of carbonyl (C=O) groups is 1. The van der Waals surface area contributed by atoms with E-state index in [1.54, 1.807) is 10.9 Å². The van der Waals surface area contributed by atoms with Crippen molar-refractivity contribution in [3.8, 4) is 0 Å². The number of hydrogen-bond donors (Lipinski definition) is 0. The average molecular weight is 446 g/mol. The molecule has 1 aromatic heterocycles. The molecule has 5 nitrogen and oxygen atoms in total. The van der Waals surface area contributed by atoms with Crippen molar-refractivity contribution in [3.63, 3.8) is 0 Å². The van der Waals surface area contributed by atoms with E-state index in [-0.39, 0.29) is 5.91 Å². The lowest BCUT2D eigenvalue weighted by molar-refractivity contribution is 0.0615. The smallest absolute Gasteiger partial charge is 0.273 e. The van der Waals surface area contributed by atoms with Crippen molar-refractivity contribution >= 4 is 45.0 Å². The van der Waals surface area contributed by atoms with Crippen LogP contribution in [0.4, 0.5) is 0 Å². The molecule has 1 aliphatic rings. The second-order valence-electron chi connectivity index (χ2n) is 5.93. The monoisotopic (exact) mass is 444 g/mol. The third-order valence-corrected chi connectivity index (χ3v) is 5.69. The summed E-state index contributed by atoms with van der Waals surface area (Å²) >= 11 is 15.9. The first-order valence-corrected chi connectivity index (χ1v) is 9.72. The van der Waals surface area contributed by atoms with Crippen LogP contribution in [-0.2, 0) is 13.1 Å². The number of halogens is 3. The van der Waals surface area contributed by atoms with Crippen molar-refractivity contribution in [2.75, 3.05) is 26.2 Å². The highest BCUT2D eigenvalue weighted by molar-refractivity contribution is 9.10. The zero-order valence-electron chi connectivity index (χ0n) is 13.9. The zero-order chi connectivity index (χ0) is 18.0. The number of amides is 1. The fourth-order valence-corrected chi connectivity index (χ4v) is 3.96. The number of aryl methyl sites for hydroxylation is 1. The Kier molecular flexibility index (Phi) is 6.04. The molecular weight excluding hydrogens is 427 g/mol. The second-order valence-corrected chi connectivity index (χ2v) is 7.59. The van der Waals surface area contributed by atoms with Gasteiger partial charge in [0.25, 0.3) is 5.91 Å². The first-order chi connectivity index (χ1) is 12.0. The summed E-state index contributed by atoms with van der Waals surface area (Å²) in [5.41, 5.74) is 1.56. The van der Waals surface area contributed by atoms with Gasteiger partial charge in [-0.25, -0.2) is 0 Å². The van der Waals surface area contributed by atoms with Gasteiger partial charge in [0.2, 0.25) is 0 Å². The third kappa shape index (κ3) is 4.03. The van der Waals surface area contributed by atoms with Crippen molar-refractivity contribution in [2.24, 2.45) is 0 Å². The molecule has 0 aliphatic carbocycles. The molecular formula is C17H19BrCl2N4O. The van der Waals surface area contributed by atoms with E-state index in [0.29, 0.717) is 41.9 Å². The minimum Gasteiger partial charge on any atom is -0.335 e. The molecule has 0 bridgehead atoms. The molecule has 1 saturated heterocycles. The average Bonchev–Trinajstić information content (AvgIpc) is 2.99. The maximum absolute atomic E-state index is 12.8. The van der Waals surface area contributed by atoms with Crippen LogP contribution in [0.2, 0.25) is 10.0 Å². The third-order valence-electron chi connectivity index (χ3n) is 4.40. The van der Waals surface area contributed by atoms with E-state index in [4.69, 9.17) is 23.2 Å². The molecule has 134 valence electrons. The molecule has 3 rings (SSSR count). The van der Waals surface area contributed by atoms with Crippen LogP contribution in [0.1, 0.15) is 23.0 Å². The molecule has 8 heteroatoms. The Hall–Kier alpha value is -1.08. The standard InChI is InChI=1S/C17H19BrCl2N4O/c1-2-24-16(13(18)10-21-24)17(25)23-8-6-22(7-9-23)11-12-14(19)4-3-5-15(12)20/h3-5,10H,2,6-9,11H2,1H3. The van der Waals surface area contributed by atoms with Crippen LogP contribution < -0.4 is 0 Å². The van der Waals surface area contributed by atoms with Crippen molar-refractivity contribution in [1.29, 1.82) is 0 Å². The van der Waals surface area contributed by atoms with Crippen LogP contribution in [0.25, 0.3) is 0 Å². The van der Waals surface area contributed by atoms with Gasteiger partial charge >= 0.3 is 0 Å². The van der Waals surface area contributed by atoms with E-state index in [0.717, 1.165) is 23.1 Å². The molecule has 1 amide bonds. The fraction of sp³-hybridized carbons (Fsp3) is 0.412. The molecule has 0 spiro atoms. The van der Waals surface area contributed by atoms with Gasteiger partial charge in [0.05, 0.1) is 10.7 Å². The summed E-state index contributed by atoms with van der Waals surface area (Å²) in [5.74, 6) is 0.0154. The minimum absolute atomic E-state index is 0.0154. The number of hydrogen-bond acceptors (Lipinski definition) is 3. The van der Waals surface area contributed by atoms with Gasteiger partial charge in [0.1, 0.15) is 5.69 Å². The summed E-state index contributed by atoms with van der Waals surface area (Å²) in [4.78, 5) is 16.9. The van der Waals surface area contributed by atoms with Crippen molar-refractivity contribution in [3.05, 3.63) is 50.2 Å². The Labute approximate surface area is 165 Å². The summed E-state index contributed by atoms with van der Waals surface area (Å²) < 4.78 is 2.46. The van der Waals surface area contributed by atoms with Gasteiger partial charge in [-0.3, -0.25) is 14.4 Å². The van der Waals surface area contributed by atoms with E-state index >= 15 is 0 Å². The largest absolute Gasteiger partial charge is 0.335 e. The Morgan fingerprint density at radius 2 is 1.84 bits per heavy atom. The summed E-state index contributed by atoms with van der Waals surface area (Å²) in [5, 5.41) is 5.59. The molecule has 1 fully saturated rings. The Morgan fingerprint density at radius 1 is 1.20 bits per heavy atom. The van der Waals surface area contributed by atoms with Gasteiger partial charge in [0.15, 0.2) is 0 Å². The SMILES string of the molecule is CCn1ncc(Br)c1C(=O)N1CCN(Cc2c(Cl)cccc2Cl)CC1. The number of aromatic nitrogens is 2. The van der Waals surface area contributed by atoms with Gasteiger partial charge < -0.3 is 4.90 Å². The highest BCUT2D eigenvalue weighted by atomic mass is 79.9. The van der Waals surface area contributed by atoms with Gasteiger partial charge in [-0.15, -0.1) is 0 Å². The van der Waals surface area contributed by atoms with E-state index in [1.807, 2.05) is 30.0 Å². The van der Waals surface area contributed by atoms with Crippen LogP contribution in [0.3, 0.4) is 0 Å². The van der Waals surface area contributed by atoms with Crippen LogP contribution in [0.5, 0.6) is 0 Å². The predicted octanol–water partition coefficient (Wildman–Crippen LogP) is 3.93. The number of carbonyl (C=O) groups excluding carboxylic acids is 1. The first-order valence-electron chi connectivity index (χ1n) is 8.17. The minimum atomic E-state index is 0.0154. The van der Waals surface area contributed by atoms with Gasteiger partial charge in [-0.05, 0) is 35.0 Å². The predicted molar refractivity (Wildman–Crippen MR) is 103 cm³/mol. The van der Waals surface area contributed by atoms with Crippen molar-refractivity contribution in [2.45, 2.75) is 20.0 Å². The van der Waals surface area contributed by atoms with Crippen molar-refractivity contribution in [1.82, 2.24) is 19.6 Å². The molecule has 1 aliphatic heterocycles. The lowest BCUT2D eigenvalue weighted by Crippen LogP contribution is -2.48. The first kappa shape index (κ1) is 18.7. The molecule has 2 aromatic rings. The van der Waals surface area contributed by atoms with Gasteiger partial charge in [-0.2, -0.15) is 5.10 Å². The maximum Gasteiger partial charge on any atom is 0.273 e. The van der Waals surface area contributed by atoms with Crippen LogP contribution in [0.15, 0.2) is 28.9 Å². The van der Waals surface area contributed by atoms with E-state index in [9.17, 15) is 4.79 Å². The molecule has 1 aromatic carbocycles. The Morgan fingerprint density at radius 3 is 2.44 bits per heavy atom. The summed E-state index contributed by atoms with van der Waals surface area (Å²) in [6.07, 6.45) is 1.67. The van der Waals surface area contributed by atoms with Gasteiger partial charge in [0, 0.05) is 54.9 Å². The number of benzene rings is 1. The number of piperazine rings is 1. The molecule has 2 heterocycles. The van der Waals surface area contributed by atoms with Crippen LogP contribution in [0, 0.1) is 0 Å². The quantitative estimate of drug-likeness (QED) is 0.715. The number of rotatable bonds is 4. The van der Waals surface area contributed by atoms with E-state index < -0.39 is 0 Å². The summed E-state index contributed by atoms with van der Waals surface area (Å²) in [6.45, 7) is 6.23. The molecule has 0 unspecified atom stereocenters. The van der Waals surface area contributed by atoms with Crippen LogP contribution >= 0.6 is 39.1 Å². The number of nitrogens with zero attached hydrogens (tertiary/aromatic N) is 4. The molecule has 0 N–H and O–H groups in total. The summed E-state index contributed by atoms with van der Waals surface area (Å²) in [7, 11) is 0. The topological polar surface area (TPSA) is 41.4 Å².